The van der Waals surface area contributed by atoms with Crippen molar-refractivity contribution >= 4 is 17.6 Å². The zero-order valence-corrected chi connectivity index (χ0v) is 12.5. The average Bonchev–Trinajstić information content (AvgIpc) is 2.95. The molecule has 1 saturated heterocycles. The van der Waals surface area contributed by atoms with Gasteiger partial charge in [0.15, 0.2) is 0 Å². The van der Waals surface area contributed by atoms with Crippen LogP contribution in [0.1, 0.15) is 24.8 Å². The van der Waals surface area contributed by atoms with Gasteiger partial charge in [0.2, 0.25) is 5.91 Å². The number of allylic oxidation sites excluding steroid dienone is 2. The molecule has 0 saturated carbocycles. The van der Waals surface area contributed by atoms with Gasteiger partial charge in [0, 0.05) is 31.2 Å². The molecule has 3 amide bonds. The lowest BCUT2D eigenvalue weighted by Gasteiger charge is -2.20. The molecule has 22 heavy (non-hydrogen) atoms. The number of nitrogens with one attached hydrogen (secondary N) is 2. The van der Waals surface area contributed by atoms with Crippen LogP contribution in [0.4, 0.5) is 10.5 Å². The topological polar surface area (TPSA) is 61.4 Å². The average molecular weight is 299 g/mol. The summed E-state index contributed by atoms with van der Waals surface area (Å²) in [6.45, 7) is 1.91. The van der Waals surface area contributed by atoms with Crippen molar-refractivity contribution in [1.82, 2.24) is 10.2 Å². The standard InChI is InChI=1S/C17H21N3O2/c21-16(13-6-2-1-3-7-13)19-15-9-5-4-8-14(15)12-20-11-10-18-17(20)22/h1-2,4-5,8-9,13H,3,6-7,10-12H2,(H,18,22)(H,19,21)/t13-/m0/s1. The Morgan fingerprint density at radius 2 is 2.18 bits per heavy atom. The number of benzene rings is 1. The molecule has 1 aliphatic carbocycles. The van der Waals surface area contributed by atoms with Crippen LogP contribution in [0.5, 0.6) is 0 Å². The third kappa shape index (κ3) is 3.30. The summed E-state index contributed by atoms with van der Waals surface area (Å²) in [5, 5.41) is 5.83. The van der Waals surface area contributed by atoms with E-state index in [9.17, 15) is 9.59 Å². The molecule has 1 atom stereocenters. The largest absolute Gasteiger partial charge is 0.336 e. The van der Waals surface area contributed by atoms with Crippen LogP contribution < -0.4 is 10.6 Å². The van der Waals surface area contributed by atoms with Crippen LogP contribution >= 0.6 is 0 Å². The van der Waals surface area contributed by atoms with Crippen molar-refractivity contribution in [1.29, 1.82) is 0 Å². The summed E-state index contributed by atoms with van der Waals surface area (Å²) >= 11 is 0. The Bertz CT molecular complexity index is 597. The molecule has 0 spiro atoms. The van der Waals surface area contributed by atoms with E-state index >= 15 is 0 Å². The van der Waals surface area contributed by atoms with Crippen LogP contribution in [0.3, 0.4) is 0 Å². The quantitative estimate of drug-likeness (QED) is 0.839. The van der Waals surface area contributed by atoms with Gasteiger partial charge < -0.3 is 15.5 Å². The number of hydrogen-bond acceptors (Lipinski definition) is 2. The highest BCUT2D eigenvalue weighted by atomic mass is 16.2. The minimum absolute atomic E-state index is 0.0430. The van der Waals surface area contributed by atoms with Crippen LogP contribution in [0, 0.1) is 5.92 Å². The Morgan fingerprint density at radius 3 is 2.91 bits per heavy atom. The molecule has 2 N–H and O–H groups in total. The number of hydrogen-bond donors (Lipinski definition) is 2. The van der Waals surface area contributed by atoms with Gasteiger partial charge in [0.05, 0.1) is 0 Å². The first kappa shape index (κ1) is 14.6. The van der Waals surface area contributed by atoms with Gasteiger partial charge in [-0.1, -0.05) is 30.4 Å². The number of rotatable bonds is 4. The molecule has 5 nitrogen and oxygen atoms in total. The van der Waals surface area contributed by atoms with E-state index < -0.39 is 0 Å². The van der Waals surface area contributed by atoms with Crippen LogP contribution in [-0.4, -0.2) is 29.9 Å². The predicted octanol–water partition coefficient (Wildman–Crippen LogP) is 2.51. The molecular formula is C17H21N3O2. The molecule has 1 aliphatic heterocycles. The van der Waals surface area contributed by atoms with Gasteiger partial charge in [-0.3, -0.25) is 4.79 Å². The highest BCUT2D eigenvalue weighted by Crippen LogP contribution is 2.23. The zero-order chi connectivity index (χ0) is 15.4. The third-order valence-electron chi connectivity index (χ3n) is 4.22. The summed E-state index contributed by atoms with van der Waals surface area (Å²) in [4.78, 5) is 25.8. The van der Waals surface area contributed by atoms with Crippen molar-refractivity contribution in [3.8, 4) is 0 Å². The molecule has 2 aliphatic rings. The molecule has 0 aromatic heterocycles. The Kier molecular flexibility index (Phi) is 4.42. The van der Waals surface area contributed by atoms with Gasteiger partial charge in [0.1, 0.15) is 0 Å². The van der Waals surface area contributed by atoms with Crippen LogP contribution in [0.2, 0.25) is 0 Å². The third-order valence-corrected chi connectivity index (χ3v) is 4.22. The Labute approximate surface area is 130 Å². The number of urea groups is 1. The predicted molar refractivity (Wildman–Crippen MR) is 85.4 cm³/mol. The summed E-state index contributed by atoms with van der Waals surface area (Å²) in [6, 6.07) is 7.66. The summed E-state index contributed by atoms with van der Waals surface area (Å²) < 4.78 is 0. The lowest BCUT2D eigenvalue weighted by atomic mass is 9.93. The van der Waals surface area contributed by atoms with Crippen molar-refractivity contribution < 1.29 is 9.59 Å². The minimum Gasteiger partial charge on any atom is -0.336 e. The second-order valence-electron chi connectivity index (χ2n) is 5.78. The first-order valence-electron chi connectivity index (χ1n) is 7.80. The Hall–Kier alpha value is -2.30. The summed E-state index contributed by atoms with van der Waals surface area (Å²) in [5.41, 5.74) is 1.78. The summed E-state index contributed by atoms with van der Waals surface area (Å²) in [7, 11) is 0. The van der Waals surface area contributed by atoms with Crippen molar-refractivity contribution in [3.05, 3.63) is 42.0 Å². The number of nitrogens with zero attached hydrogens (tertiary/aromatic N) is 1. The van der Waals surface area contributed by atoms with Crippen LogP contribution in [0.15, 0.2) is 36.4 Å². The maximum Gasteiger partial charge on any atom is 0.317 e. The number of carbonyl (C=O) groups excluding carboxylic acids is 2. The smallest absolute Gasteiger partial charge is 0.317 e. The summed E-state index contributed by atoms with van der Waals surface area (Å²) in [5.74, 6) is 0.121. The maximum atomic E-state index is 12.4. The molecule has 116 valence electrons. The van der Waals surface area contributed by atoms with Gasteiger partial charge in [-0.2, -0.15) is 0 Å². The molecule has 3 rings (SSSR count). The van der Waals surface area contributed by atoms with E-state index in [4.69, 9.17) is 0 Å². The zero-order valence-electron chi connectivity index (χ0n) is 12.5. The van der Waals surface area contributed by atoms with Gasteiger partial charge in [-0.25, -0.2) is 4.79 Å². The van der Waals surface area contributed by atoms with Crippen molar-refractivity contribution in [2.24, 2.45) is 5.92 Å². The fourth-order valence-electron chi connectivity index (χ4n) is 2.91. The molecule has 5 heteroatoms. The molecule has 1 fully saturated rings. The summed E-state index contributed by atoms with van der Waals surface area (Å²) in [6.07, 6.45) is 6.88. The van der Waals surface area contributed by atoms with E-state index in [0.29, 0.717) is 19.6 Å². The molecule has 1 aromatic rings. The normalized spacial score (nSPS) is 20.8. The van der Waals surface area contributed by atoms with Gasteiger partial charge in [0.25, 0.3) is 0 Å². The van der Waals surface area contributed by atoms with E-state index in [1.165, 1.54) is 0 Å². The SMILES string of the molecule is O=C(Nc1ccccc1CN1CCNC1=O)[C@H]1CC=CCC1. The van der Waals surface area contributed by atoms with E-state index in [1.54, 1.807) is 4.90 Å². The number of anilines is 1. The lowest BCUT2D eigenvalue weighted by Crippen LogP contribution is -2.29. The van der Waals surface area contributed by atoms with Crippen LogP contribution in [-0.2, 0) is 11.3 Å². The molecular weight excluding hydrogens is 278 g/mol. The van der Waals surface area contributed by atoms with E-state index in [1.807, 2.05) is 24.3 Å². The molecule has 0 unspecified atom stereocenters. The van der Waals surface area contributed by atoms with Gasteiger partial charge in [-0.15, -0.1) is 0 Å². The minimum atomic E-state index is -0.0430. The number of para-hydroxylation sites is 1. The van der Waals surface area contributed by atoms with Crippen molar-refractivity contribution in [2.75, 3.05) is 18.4 Å². The molecule has 1 aromatic carbocycles. The number of carbonyl (C=O) groups is 2. The van der Waals surface area contributed by atoms with Crippen LogP contribution in [0.25, 0.3) is 0 Å². The van der Waals surface area contributed by atoms with Crippen molar-refractivity contribution in [3.63, 3.8) is 0 Å². The Morgan fingerprint density at radius 1 is 1.32 bits per heavy atom. The fourth-order valence-corrected chi connectivity index (χ4v) is 2.91. The second kappa shape index (κ2) is 6.64. The molecule has 0 radical (unpaired) electrons. The Balaban J connectivity index is 1.69. The molecule has 1 heterocycles. The lowest BCUT2D eigenvalue weighted by molar-refractivity contribution is -0.120. The highest BCUT2D eigenvalue weighted by molar-refractivity contribution is 5.93. The monoisotopic (exact) mass is 299 g/mol. The molecule has 0 bridgehead atoms. The first-order chi connectivity index (χ1) is 10.7. The highest BCUT2D eigenvalue weighted by Gasteiger charge is 2.22. The fraction of sp³-hybridized carbons (Fsp3) is 0.412. The maximum absolute atomic E-state index is 12.4. The van der Waals surface area contributed by atoms with Crippen molar-refractivity contribution in [2.45, 2.75) is 25.8 Å². The van der Waals surface area contributed by atoms with E-state index in [0.717, 1.165) is 30.5 Å². The van der Waals surface area contributed by atoms with Gasteiger partial charge in [-0.05, 0) is 30.9 Å². The number of amides is 3. The van der Waals surface area contributed by atoms with Gasteiger partial charge >= 0.3 is 6.03 Å². The first-order valence-corrected chi connectivity index (χ1v) is 7.80. The van der Waals surface area contributed by atoms with E-state index in [2.05, 4.69) is 22.8 Å². The van der Waals surface area contributed by atoms with E-state index in [-0.39, 0.29) is 17.9 Å². The second-order valence-corrected chi connectivity index (χ2v) is 5.78.